The number of benzene rings is 1. The van der Waals surface area contributed by atoms with Crippen LogP contribution in [0.4, 0.5) is 22.2 Å². The van der Waals surface area contributed by atoms with Crippen LogP contribution >= 0.6 is 0 Å². The molecule has 226 valence electrons. The molecule has 3 aliphatic rings. The second kappa shape index (κ2) is 10.5. The molecular formula is C31H32N8O5. The molecule has 0 atom stereocenters. The number of carbonyl (C=O) groups is 2. The average molecular weight is 597 g/mol. The fourth-order valence-electron chi connectivity index (χ4n) is 6.24. The number of carbonyl (C=O) groups excluding carboxylic acids is 2. The molecular weight excluding hydrogens is 564 g/mol. The molecule has 0 saturated heterocycles. The van der Waals surface area contributed by atoms with Gasteiger partial charge in [0.15, 0.2) is 29.6 Å². The van der Waals surface area contributed by atoms with Crippen molar-refractivity contribution in [1.82, 2.24) is 29.2 Å². The molecule has 0 saturated carbocycles. The van der Waals surface area contributed by atoms with Crippen molar-refractivity contribution in [2.75, 3.05) is 37.0 Å². The van der Waals surface area contributed by atoms with E-state index in [1.165, 1.54) is 13.3 Å². The fraction of sp³-hybridized carbons (Fsp3) is 0.355. The summed E-state index contributed by atoms with van der Waals surface area (Å²) in [5.41, 5.74) is 2.75. The fourth-order valence-corrected chi connectivity index (χ4v) is 6.24. The Morgan fingerprint density at radius 2 is 1.98 bits per heavy atom. The van der Waals surface area contributed by atoms with Gasteiger partial charge in [0.2, 0.25) is 5.95 Å². The Bertz CT molecular complexity index is 1910. The molecule has 2 bridgehead atoms. The lowest BCUT2D eigenvalue weighted by Crippen LogP contribution is -2.45. The summed E-state index contributed by atoms with van der Waals surface area (Å²) in [4.78, 5) is 56.0. The molecule has 6 heterocycles. The molecule has 0 unspecified atom stereocenters. The number of hydrogen-bond acceptors (Lipinski definition) is 9. The largest absolute Gasteiger partial charge is 0.480 e. The Kier molecular flexibility index (Phi) is 6.60. The average Bonchev–Trinajstić information content (AvgIpc) is 3.28. The van der Waals surface area contributed by atoms with E-state index in [1.54, 1.807) is 31.3 Å². The Hall–Kier alpha value is -5.20. The molecule has 2 amide bonds. The highest BCUT2D eigenvalue weighted by Crippen LogP contribution is 2.36. The van der Waals surface area contributed by atoms with Gasteiger partial charge in [-0.25, -0.2) is 24.1 Å². The standard InChI is InChI=1S/C31H32N8O5/c1-31(2)18-36(30(42)43-3)16-19-14-20(8-9-22(19)31)33-29-32-15-21-26(35-29)39-24-11-10-23-27(34-24)37(25(40)17-44-23)12-6-4-5-7-13-38(39)28(21)41/h5,7-11,14-15H,4,6,12-13,16-18H2,1-3H3,(H,32,33,35)/b7-5-. The van der Waals surface area contributed by atoms with E-state index >= 15 is 0 Å². The van der Waals surface area contributed by atoms with Gasteiger partial charge >= 0.3 is 6.09 Å². The smallest absolute Gasteiger partial charge is 0.409 e. The van der Waals surface area contributed by atoms with Crippen molar-refractivity contribution < 1.29 is 19.1 Å². The molecule has 7 rings (SSSR count). The molecule has 0 fully saturated rings. The molecule has 3 aliphatic heterocycles. The lowest BCUT2D eigenvalue weighted by molar-refractivity contribution is -0.121. The van der Waals surface area contributed by atoms with Gasteiger partial charge in [0.05, 0.1) is 13.7 Å². The second-order valence-electron chi connectivity index (χ2n) is 11.8. The summed E-state index contributed by atoms with van der Waals surface area (Å²) in [5, 5.41) is 3.61. The first-order valence-corrected chi connectivity index (χ1v) is 14.5. The number of rotatable bonds is 2. The van der Waals surface area contributed by atoms with Crippen LogP contribution in [0.5, 0.6) is 5.75 Å². The second-order valence-corrected chi connectivity index (χ2v) is 11.8. The molecule has 4 aromatic rings. The Morgan fingerprint density at radius 1 is 1.11 bits per heavy atom. The summed E-state index contributed by atoms with van der Waals surface area (Å²) in [6, 6.07) is 9.52. The number of amides is 2. The number of ether oxygens (including phenoxy) is 2. The predicted octanol–water partition coefficient (Wildman–Crippen LogP) is 3.66. The van der Waals surface area contributed by atoms with Crippen molar-refractivity contribution in [2.45, 2.75) is 45.2 Å². The van der Waals surface area contributed by atoms with Gasteiger partial charge in [0, 0.05) is 36.9 Å². The number of nitrogens with one attached hydrogen (secondary N) is 1. The third-order valence-corrected chi connectivity index (χ3v) is 8.29. The van der Waals surface area contributed by atoms with E-state index in [0.29, 0.717) is 54.6 Å². The van der Waals surface area contributed by atoms with E-state index in [2.05, 4.69) is 30.2 Å². The molecule has 44 heavy (non-hydrogen) atoms. The van der Waals surface area contributed by atoms with Gasteiger partial charge in [0.25, 0.3) is 11.5 Å². The maximum Gasteiger partial charge on any atom is 0.409 e. The lowest BCUT2D eigenvalue weighted by Gasteiger charge is -2.39. The number of fused-ring (bicyclic) bond motifs is 6. The SMILES string of the molecule is COC(=O)N1Cc2cc(Nc3ncc4c(=O)n5n(c4n3)-c3ccc4c(n3)N(CCC/C=C\C5)C(=O)CO4)ccc2C(C)(C)C1. The quantitative estimate of drug-likeness (QED) is 0.344. The van der Waals surface area contributed by atoms with Crippen LogP contribution in [0.2, 0.25) is 0 Å². The first-order chi connectivity index (χ1) is 21.2. The van der Waals surface area contributed by atoms with Crippen molar-refractivity contribution in [2.24, 2.45) is 0 Å². The van der Waals surface area contributed by atoms with E-state index in [-0.39, 0.29) is 35.5 Å². The summed E-state index contributed by atoms with van der Waals surface area (Å²) in [7, 11) is 1.39. The van der Waals surface area contributed by atoms with Crippen molar-refractivity contribution >= 4 is 40.5 Å². The number of aromatic nitrogens is 5. The molecule has 3 aromatic heterocycles. The van der Waals surface area contributed by atoms with E-state index in [0.717, 1.165) is 29.7 Å². The van der Waals surface area contributed by atoms with Crippen LogP contribution in [0.15, 0.2) is 53.5 Å². The van der Waals surface area contributed by atoms with Crippen LogP contribution in [0, 0.1) is 0 Å². The van der Waals surface area contributed by atoms with E-state index in [4.69, 9.17) is 19.4 Å². The van der Waals surface area contributed by atoms with Crippen molar-refractivity contribution in [1.29, 1.82) is 0 Å². The third-order valence-electron chi connectivity index (χ3n) is 8.29. The monoisotopic (exact) mass is 596 g/mol. The van der Waals surface area contributed by atoms with Crippen LogP contribution in [0.3, 0.4) is 0 Å². The highest BCUT2D eigenvalue weighted by atomic mass is 16.5. The van der Waals surface area contributed by atoms with Gasteiger partial charge in [-0.1, -0.05) is 32.1 Å². The van der Waals surface area contributed by atoms with Crippen LogP contribution in [0.1, 0.15) is 37.8 Å². The van der Waals surface area contributed by atoms with Crippen LogP contribution in [-0.2, 0) is 28.0 Å². The minimum atomic E-state index is -0.367. The van der Waals surface area contributed by atoms with Gasteiger partial charge in [-0.2, -0.15) is 4.98 Å². The maximum atomic E-state index is 13.6. The van der Waals surface area contributed by atoms with E-state index in [1.807, 2.05) is 24.3 Å². The molecule has 0 aliphatic carbocycles. The number of nitrogens with zero attached hydrogens (tertiary/aromatic N) is 7. The zero-order valence-corrected chi connectivity index (χ0v) is 24.7. The van der Waals surface area contributed by atoms with E-state index in [9.17, 15) is 14.4 Å². The summed E-state index contributed by atoms with van der Waals surface area (Å²) < 4.78 is 13.9. The van der Waals surface area contributed by atoms with Gasteiger partial charge < -0.3 is 19.7 Å². The summed E-state index contributed by atoms with van der Waals surface area (Å²) in [5.74, 6) is 1.50. The Balaban J connectivity index is 1.30. The zero-order valence-electron chi connectivity index (χ0n) is 24.7. The lowest BCUT2D eigenvalue weighted by atomic mass is 9.78. The van der Waals surface area contributed by atoms with E-state index < -0.39 is 0 Å². The van der Waals surface area contributed by atoms with Crippen LogP contribution in [0.25, 0.3) is 16.9 Å². The highest BCUT2D eigenvalue weighted by molar-refractivity contribution is 5.96. The van der Waals surface area contributed by atoms with Crippen LogP contribution < -0.4 is 20.5 Å². The minimum Gasteiger partial charge on any atom is -0.480 e. The first-order valence-electron chi connectivity index (χ1n) is 14.5. The summed E-state index contributed by atoms with van der Waals surface area (Å²) in [6.07, 6.45) is 6.60. The zero-order chi connectivity index (χ0) is 30.6. The molecule has 1 N–H and O–H groups in total. The first kappa shape index (κ1) is 27.6. The number of pyridine rings is 1. The minimum absolute atomic E-state index is 0.0375. The number of allylic oxidation sites excluding steroid dienone is 2. The normalized spacial score (nSPS) is 17.9. The molecule has 0 spiro atoms. The highest BCUT2D eigenvalue weighted by Gasteiger charge is 2.34. The number of hydrogen-bond donors (Lipinski definition) is 1. The number of methoxy groups -OCH3 is 1. The van der Waals surface area contributed by atoms with Gasteiger partial charge in [-0.05, 0) is 48.2 Å². The van der Waals surface area contributed by atoms with Crippen molar-refractivity contribution in [3.63, 3.8) is 0 Å². The summed E-state index contributed by atoms with van der Waals surface area (Å²) in [6.45, 7) is 5.96. The maximum absolute atomic E-state index is 13.6. The van der Waals surface area contributed by atoms with Gasteiger partial charge in [-0.15, -0.1) is 0 Å². The van der Waals surface area contributed by atoms with Crippen LogP contribution in [-0.4, -0.2) is 68.0 Å². The van der Waals surface area contributed by atoms with Crippen molar-refractivity contribution in [3.05, 3.63) is 70.2 Å². The predicted molar refractivity (Wildman–Crippen MR) is 163 cm³/mol. The number of anilines is 3. The Labute approximate surface area is 252 Å². The molecule has 13 nitrogen and oxygen atoms in total. The molecule has 13 heteroatoms. The Morgan fingerprint density at radius 3 is 2.82 bits per heavy atom. The molecule has 0 radical (unpaired) electrons. The van der Waals surface area contributed by atoms with Gasteiger partial charge in [-0.3, -0.25) is 14.5 Å². The topological polar surface area (TPSA) is 137 Å². The van der Waals surface area contributed by atoms with Crippen molar-refractivity contribution in [3.8, 4) is 11.6 Å². The summed E-state index contributed by atoms with van der Waals surface area (Å²) >= 11 is 0. The van der Waals surface area contributed by atoms with Gasteiger partial charge in [0.1, 0.15) is 5.39 Å². The third kappa shape index (κ3) is 4.64. The molecule has 1 aromatic carbocycles.